The van der Waals surface area contributed by atoms with Gasteiger partial charge in [-0.3, -0.25) is 19.8 Å². The first-order valence-electron chi connectivity index (χ1n) is 11.8. The summed E-state index contributed by atoms with van der Waals surface area (Å²) >= 11 is 0. The molecule has 2 aromatic carbocycles. The van der Waals surface area contributed by atoms with Crippen LogP contribution in [0, 0.1) is 16.0 Å². The number of carbonyl (C=O) groups is 1. The summed E-state index contributed by atoms with van der Waals surface area (Å²) in [5.74, 6) is 0.943. The van der Waals surface area contributed by atoms with E-state index in [1.54, 1.807) is 19.1 Å². The van der Waals surface area contributed by atoms with Gasteiger partial charge in [0, 0.05) is 57.2 Å². The van der Waals surface area contributed by atoms with Crippen molar-refractivity contribution in [1.82, 2.24) is 9.80 Å². The van der Waals surface area contributed by atoms with E-state index in [0.29, 0.717) is 17.9 Å². The fraction of sp³-hybridized carbons (Fsp3) is 0.500. The van der Waals surface area contributed by atoms with Crippen molar-refractivity contribution in [2.45, 2.75) is 57.5 Å². The standard InChI is InChI=1S/C26H33N3O3/c1-20(30)28(24-10-6-3-7-11-24)18-23-17-27(19-26(23)22-8-4-2-5-9-22)16-21-12-14-25(15-13-21)29(31)32/h2,4-5,8-9,12-15,23-24,26H,3,6-7,10-11,16-19H2,1H3. The van der Waals surface area contributed by atoms with Crippen molar-refractivity contribution < 1.29 is 9.72 Å². The SMILES string of the molecule is CC(=O)N(CC1CN(Cc2ccc([N+](=O)[O-])cc2)CC1c1ccccc1)C1CCCCC1. The van der Waals surface area contributed by atoms with Gasteiger partial charge in [0.05, 0.1) is 4.92 Å². The molecule has 1 aliphatic carbocycles. The van der Waals surface area contributed by atoms with Crippen LogP contribution < -0.4 is 0 Å². The van der Waals surface area contributed by atoms with E-state index in [0.717, 1.165) is 44.6 Å². The van der Waals surface area contributed by atoms with Crippen LogP contribution in [0.3, 0.4) is 0 Å². The number of benzene rings is 2. The van der Waals surface area contributed by atoms with E-state index in [4.69, 9.17) is 0 Å². The summed E-state index contributed by atoms with van der Waals surface area (Å²) in [6, 6.07) is 17.9. The molecule has 2 aliphatic rings. The van der Waals surface area contributed by atoms with Crippen molar-refractivity contribution in [3.63, 3.8) is 0 Å². The Morgan fingerprint density at radius 1 is 1.03 bits per heavy atom. The van der Waals surface area contributed by atoms with Gasteiger partial charge >= 0.3 is 0 Å². The maximum atomic E-state index is 12.6. The molecule has 0 bridgehead atoms. The highest BCUT2D eigenvalue weighted by molar-refractivity contribution is 5.73. The summed E-state index contributed by atoms with van der Waals surface area (Å²) in [7, 11) is 0. The molecule has 2 unspecified atom stereocenters. The first-order chi connectivity index (χ1) is 15.5. The van der Waals surface area contributed by atoms with Crippen LogP contribution in [0.1, 0.15) is 56.1 Å². The van der Waals surface area contributed by atoms with Crippen LogP contribution in [0.4, 0.5) is 5.69 Å². The third-order valence-corrected chi connectivity index (χ3v) is 7.15. The normalized spacial score (nSPS) is 22.0. The number of hydrogen-bond donors (Lipinski definition) is 0. The molecule has 2 aromatic rings. The predicted octanol–water partition coefficient (Wildman–Crippen LogP) is 4.99. The summed E-state index contributed by atoms with van der Waals surface area (Å²) in [6.07, 6.45) is 5.95. The number of likely N-dealkylation sites (tertiary alicyclic amines) is 1. The Morgan fingerprint density at radius 3 is 2.34 bits per heavy atom. The Bertz CT molecular complexity index is 910. The van der Waals surface area contributed by atoms with E-state index >= 15 is 0 Å². The van der Waals surface area contributed by atoms with Gasteiger partial charge in [-0.2, -0.15) is 0 Å². The first kappa shape index (κ1) is 22.5. The van der Waals surface area contributed by atoms with Crippen LogP contribution in [0.5, 0.6) is 0 Å². The van der Waals surface area contributed by atoms with Gasteiger partial charge in [-0.25, -0.2) is 0 Å². The molecule has 4 rings (SSSR count). The fourth-order valence-electron chi connectivity index (χ4n) is 5.51. The Labute approximate surface area is 190 Å². The number of nitrogens with zero attached hydrogens (tertiary/aromatic N) is 3. The predicted molar refractivity (Wildman–Crippen MR) is 125 cm³/mol. The molecule has 1 saturated carbocycles. The van der Waals surface area contributed by atoms with Gasteiger partial charge < -0.3 is 4.90 Å². The third-order valence-electron chi connectivity index (χ3n) is 7.15. The average Bonchev–Trinajstić information content (AvgIpc) is 3.21. The fourth-order valence-corrected chi connectivity index (χ4v) is 5.51. The molecular formula is C26H33N3O3. The van der Waals surface area contributed by atoms with Gasteiger partial charge in [-0.15, -0.1) is 0 Å². The maximum absolute atomic E-state index is 12.6. The smallest absolute Gasteiger partial charge is 0.269 e. The Morgan fingerprint density at radius 2 is 1.72 bits per heavy atom. The number of nitro benzene ring substituents is 1. The molecule has 6 nitrogen and oxygen atoms in total. The van der Waals surface area contributed by atoms with Crippen LogP contribution in [0.2, 0.25) is 0 Å². The Kier molecular flexibility index (Phi) is 7.20. The lowest BCUT2D eigenvalue weighted by Crippen LogP contribution is -2.44. The highest BCUT2D eigenvalue weighted by atomic mass is 16.6. The zero-order chi connectivity index (χ0) is 22.5. The highest BCUT2D eigenvalue weighted by Crippen LogP contribution is 2.35. The molecule has 0 spiro atoms. The van der Waals surface area contributed by atoms with Crippen LogP contribution >= 0.6 is 0 Å². The average molecular weight is 436 g/mol. The number of nitro groups is 1. The Balaban J connectivity index is 1.50. The summed E-state index contributed by atoms with van der Waals surface area (Å²) < 4.78 is 0. The maximum Gasteiger partial charge on any atom is 0.269 e. The monoisotopic (exact) mass is 435 g/mol. The topological polar surface area (TPSA) is 66.7 Å². The van der Waals surface area contributed by atoms with E-state index in [2.05, 4.69) is 34.1 Å². The molecule has 0 radical (unpaired) electrons. The van der Waals surface area contributed by atoms with Crippen molar-refractivity contribution in [2.75, 3.05) is 19.6 Å². The first-order valence-corrected chi connectivity index (χ1v) is 11.8. The second-order valence-electron chi connectivity index (χ2n) is 9.36. The van der Waals surface area contributed by atoms with Crippen molar-refractivity contribution in [3.8, 4) is 0 Å². The zero-order valence-corrected chi connectivity index (χ0v) is 18.9. The van der Waals surface area contributed by atoms with E-state index in [-0.39, 0.29) is 16.5 Å². The van der Waals surface area contributed by atoms with E-state index in [1.165, 1.54) is 24.8 Å². The van der Waals surface area contributed by atoms with Gasteiger partial charge in [0.25, 0.3) is 5.69 Å². The second kappa shape index (κ2) is 10.3. The van der Waals surface area contributed by atoms with Crippen molar-refractivity contribution in [1.29, 1.82) is 0 Å². The third kappa shape index (κ3) is 5.36. The van der Waals surface area contributed by atoms with E-state index < -0.39 is 0 Å². The highest BCUT2D eigenvalue weighted by Gasteiger charge is 2.37. The molecular weight excluding hydrogens is 402 g/mol. The van der Waals surface area contributed by atoms with Crippen LogP contribution in [0.25, 0.3) is 0 Å². The molecule has 0 aromatic heterocycles. The quantitative estimate of drug-likeness (QED) is 0.454. The lowest BCUT2D eigenvalue weighted by atomic mass is 9.87. The van der Waals surface area contributed by atoms with Crippen LogP contribution in [0.15, 0.2) is 54.6 Å². The van der Waals surface area contributed by atoms with Crippen molar-refractivity contribution >= 4 is 11.6 Å². The number of hydrogen-bond acceptors (Lipinski definition) is 4. The summed E-state index contributed by atoms with van der Waals surface area (Å²) in [5.41, 5.74) is 2.54. The van der Waals surface area contributed by atoms with Crippen molar-refractivity contribution in [2.24, 2.45) is 5.92 Å². The van der Waals surface area contributed by atoms with Gasteiger partial charge in [-0.1, -0.05) is 61.7 Å². The molecule has 2 atom stereocenters. The van der Waals surface area contributed by atoms with Gasteiger partial charge in [0.15, 0.2) is 0 Å². The minimum absolute atomic E-state index is 0.125. The van der Waals surface area contributed by atoms with Gasteiger partial charge in [-0.05, 0) is 29.9 Å². The summed E-state index contributed by atoms with van der Waals surface area (Å²) in [6.45, 7) is 5.14. The molecule has 2 fully saturated rings. The van der Waals surface area contributed by atoms with Crippen LogP contribution in [-0.4, -0.2) is 46.3 Å². The van der Waals surface area contributed by atoms with Crippen molar-refractivity contribution in [3.05, 3.63) is 75.8 Å². The molecule has 1 heterocycles. The largest absolute Gasteiger partial charge is 0.340 e. The summed E-state index contributed by atoms with van der Waals surface area (Å²) in [4.78, 5) is 27.8. The number of non-ortho nitro benzene ring substituents is 1. The van der Waals surface area contributed by atoms with Gasteiger partial charge in [0.2, 0.25) is 5.91 Å². The lowest BCUT2D eigenvalue weighted by Gasteiger charge is -2.36. The Hall–Kier alpha value is -2.73. The second-order valence-corrected chi connectivity index (χ2v) is 9.36. The molecule has 0 N–H and O–H groups in total. The minimum atomic E-state index is -0.358. The van der Waals surface area contributed by atoms with E-state index in [9.17, 15) is 14.9 Å². The minimum Gasteiger partial charge on any atom is -0.340 e. The van der Waals surface area contributed by atoms with Gasteiger partial charge in [0.1, 0.15) is 0 Å². The lowest BCUT2D eigenvalue weighted by molar-refractivity contribution is -0.384. The summed E-state index contributed by atoms with van der Waals surface area (Å²) in [5, 5.41) is 11.0. The van der Waals surface area contributed by atoms with E-state index in [1.807, 2.05) is 18.2 Å². The molecule has 1 aliphatic heterocycles. The molecule has 1 amide bonds. The number of amides is 1. The zero-order valence-electron chi connectivity index (χ0n) is 18.9. The number of carbonyl (C=O) groups excluding carboxylic acids is 1. The number of rotatable bonds is 7. The molecule has 1 saturated heterocycles. The van der Waals surface area contributed by atoms with Crippen LogP contribution in [-0.2, 0) is 11.3 Å². The molecule has 32 heavy (non-hydrogen) atoms. The molecule has 6 heteroatoms. The molecule has 170 valence electrons.